The average molecular weight is 477 g/mol. The molecule has 1 fully saturated rings. The predicted octanol–water partition coefficient (Wildman–Crippen LogP) is 2.20. The van der Waals surface area contributed by atoms with Crippen LogP contribution in [0.3, 0.4) is 0 Å². The molecule has 0 radical (unpaired) electrons. The fraction of sp³-hybridized carbons (Fsp3) is 0.250. The minimum atomic E-state index is -1.16. The molecular formula is C20H17ClN4O4S2. The number of benzene rings is 1. The molecule has 160 valence electrons. The van der Waals surface area contributed by atoms with Gasteiger partial charge in [0.25, 0.3) is 5.91 Å². The van der Waals surface area contributed by atoms with Crippen LogP contribution >= 0.6 is 35.1 Å². The Labute approximate surface area is 191 Å². The molecule has 31 heavy (non-hydrogen) atoms. The van der Waals surface area contributed by atoms with Crippen molar-refractivity contribution in [2.24, 2.45) is 0 Å². The van der Waals surface area contributed by atoms with Crippen LogP contribution in [0.5, 0.6) is 0 Å². The molecule has 2 aromatic rings. The van der Waals surface area contributed by atoms with Crippen molar-refractivity contribution in [1.29, 1.82) is 0 Å². The fourth-order valence-corrected chi connectivity index (χ4v) is 5.72. The summed E-state index contributed by atoms with van der Waals surface area (Å²) in [5.41, 5.74) is 1.45. The molecule has 4 rings (SSSR count). The zero-order chi connectivity index (χ0) is 22.0. The maximum atomic E-state index is 12.7. The monoisotopic (exact) mass is 476 g/mol. The number of rotatable bonds is 7. The number of nitrogens with zero attached hydrogens (tertiary/aromatic N) is 3. The third-order valence-electron chi connectivity index (χ3n) is 4.76. The minimum Gasteiger partial charge on any atom is -0.477 e. The number of carbonyl (C=O) groups excluding carboxylic acids is 2. The predicted molar refractivity (Wildman–Crippen MR) is 118 cm³/mol. The lowest BCUT2D eigenvalue weighted by Crippen LogP contribution is -2.70. The molecular weight excluding hydrogens is 460 g/mol. The molecule has 1 unspecified atom stereocenters. The number of nitrogens with one attached hydrogen (secondary N) is 1. The van der Waals surface area contributed by atoms with Crippen LogP contribution in [0.2, 0.25) is 5.15 Å². The van der Waals surface area contributed by atoms with Gasteiger partial charge in [-0.05, 0) is 11.1 Å². The van der Waals surface area contributed by atoms with Gasteiger partial charge >= 0.3 is 5.97 Å². The van der Waals surface area contributed by atoms with Crippen LogP contribution < -0.4 is 5.32 Å². The largest absolute Gasteiger partial charge is 0.477 e. The fourth-order valence-electron chi connectivity index (χ4n) is 3.34. The highest BCUT2D eigenvalue weighted by molar-refractivity contribution is 8.01. The van der Waals surface area contributed by atoms with Gasteiger partial charge in [-0.3, -0.25) is 14.5 Å². The van der Waals surface area contributed by atoms with Crippen LogP contribution in [0.4, 0.5) is 0 Å². The zero-order valence-electron chi connectivity index (χ0n) is 16.0. The number of hydrogen-bond donors (Lipinski definition) is 2. The van der Waals surface area contributed by atoms with E-state index in [4.69, 9.17) is 11.6 Å². The van der Waals surface area contributed by atoms with E-state index < -0.39 is 23.3 Å². The Kier molecular flexibility index (Phi) is 6.49. The lowest BCUT2D eigenvalue weighted by Gasteiger charge is -2.49. The van der Waals surface area contributed by atoms with Crippen molar-refractivity contribution in [2.75, 3.05) is 11.5 Å². The summed E-state index contributed by atoms with van der Waals surface area (Å²) in [7, 11) is 0. The second-order valence-corrected chi connectivity index (χ2v) is 9.33. The summed E-state index contributed by atoms with van der Waals surface area (Å²) in [6, 6.07) is 8.49. The Morgan fingerprint density at radius 2 is 2.03 bits per heavy atom. The van der Waals surface area contributed by atoms with E-state index in [0.717, 1.165) is 5.56 Å². The van der Waals surface area contributed by atoms with E-state index in [1.165, 1.54) is 40.8 Å². The van der Waals surface area contributed by atoms with E-state index in [1.54, 1.807) is 0 Å². The first kappa shape index (κ1) is 21.7. The van der Waals surface area contributed by atoms with Crippen LogP contribution in [0, 0.1) is 0 Å². The van der Waals surface area contributed by atoms with E-state index in [-0.39, 0.29) is 23.2 Å². The Bertz CT molecular complexity index is 1050. The van der Waals surface area contributed by atoms with Crippen molar-refractivity contribution in [3.8, 4) is 0 Å². The summed E-state index contributed by atoms with van der Waals surface area (Å²) in [4.78, 5) is 46.4. The highest BCUT2D eigenvalue weighted by Crippen LogP contribution is 2.41. The molecule has 2 atom stereocenters. The molecule has 0 aliphatic carbocycles. The van der Waals surface area contributed by atoms with Crippen molar-refractivity contribution in [3.05, 3.63) is 64.7 Å². The first-order valence-electron chi connectivity index (χ1n) is 9.27. The molecule has 0 bridgehead atoms. The van der Waals surface area contributed by atoms with E-state index in [0.29, 0.717) is 22.1 Å². The van der Waals surface area contributed by atoms with Gasteiger partial charge in [-0.25, -0.2) is 14.8 Å². The third-order valence-corrected chi connectivity index (χ3v) is 7.30. The molecule has 0 spiro atoms. The average Bonchev–Trinajstić information content (AvgIpc) is 2.77. The summed E-state index contributed by atoms with van der Waals surface area (Å²) >= 11 is 8.49. The highest BCUT2D eigenvalue weighted by Gasteiger charge is 2.54. The second-order valence-electron chi connectivity index (χ2n) is 6.84. The van der Waals surface area contributed by atoms with Gasteiger partial charge < -0.3 is 10.4 Å². The Morgan fingerprint density at radius 1 is 1.26 bits per heavy atom. The molecule has 2 N–H and O–H groups in total. The summed E-state index contributed by atoms with van der Waals surface area (Å²) < 4.78 is 0. The first-order valence-corrected chi connectivity index (χ1v) is 11.7. The minimum absolute atomic E-state index is 0.0169. The number of carboxylic acids is 1. The lowest BCUT2D eigenvalue weighted by molar-refractivity contribution is -0.150. The number of fused-ring (bicyclic) bond motifs is 1. The Balaban J connectivity index is 1.43. The number of amides is 2. The van der Waals surface area contributed by atoms with Crippen molar-refractivity contribution >= 4 is 52.9 Å². The highest BCUT2D eigenvalue weighted by atomic mass is 35.5. The van der Waals surface area contributed by atoms with Crippen LogP contribution in [-0.2, 0) is 20.8 Å². The van der Waals surface area contributed by atoms with Gasteiger partial charge in [0.2, 0.25) is 5.91 Å². The maximum Gasteiger partial charge on any atom is 0.352 e. The number of hydrogen-bond acceptors (Lipinski definition) is 7. The molecule has 1 aromatic heterocycles. The van der Waals surface area contributed by atoms with Crippen molar-refractivity contribution in [3.63, 3.8) is 0 Å². The molecule has 11 heteroatoms. The quantitative estimate of drug-likeness (QED) is 0.462. The lowest BCUT2D eigenvalue weighted by atomic mass is 10.0. The maximum absolute atomic E-state index is 12.7. The zero-order valence-corrected chi connectivity index (χ0v) is 18.4. The third kappa shape index (κ3) is 4.70. The van der Waals surface area contributed by atoms with Crippen LogP contribution in [0.15, 0.2) is 59.0 Å². The molecule has 2 aliphatic heterocycles. The van der Waals surface area contributed by atoms with Gasteiger partial charge in [0.05, 0.1) is 18.8 Å². The molecule has 2 aliphatic rings. The SMILES string of the molecule is O=C(Cc1ccccc1)NC1C(=O)N2C(C(=O)O)=C(CSc3cnc(Cl)cn3)CS[C@H]12. The Morgan fingerprint density at radius 3 is 2.71 bits per heavy atom. The van der Waals surface area contributed by atoms with Gasteiger partial charge in [0.15, 0.2) is 0 Å². The number of thioether (sulfide) groups is 2. The number of halogens is 1. The molecule has 3 heterocycles. The second kappa shape index (κ2) is 9.29. The summed E-state index contributed by atoms with van der Waals surface area (Å²) in [5, 5.41) is 12.9. The van der Waals surface area contributed by atoms with Crippen molar-refractivity contribution in [2.45, 2.75) is 22.9 Å². The normalized spacial score (nSPS) is 20.2. The van der Waals surface area contributed by atoms with E-state index >= 15 is 0 Å². The van der Waals surface area contributed by atoms with Crippen LogP contribution in [-0.4, -0.2) is 60.7 Å². The van der Waals surface area contributed by atoms with Crippen molar-refractivity contribution in [1.82, 2.24) is 20.2 Å². The molecule has 1 aromatic carbocycles. The summed E-state index contributed by atoms with van der Waals surface area (Å²) in [5.74, 6) is -1.05. The van der Waals surface area contributed by atoms with Crippen LogP contribution in [0.1, 0.15) is 5.56 Å². The molecule has 1 saturated heterocycles. The van der Waals surface area contributed by atoms with E-state index in [9.17, 15) is 19.5 Å². The van der Waals surface area contributed by atoms with Gasteiger partial charge in [-0.15, -0.1) is 23.5 Å². The summed E-state index contributed by atoms with van der Waals surface area (Å²) in [6.07, 6.45) is 3.09. The number of carbonyl (C=O) groups is 3. The number of aliphatic carboxylic acids is 1. The van der Waals surface area contributed by atoms with Gasteiger partial charge in [0.1, 0.15) is 27.3 Å². The number of aromatic nitrogens is 2. The van der Waals surface area contributed by atoms with Gasteiger partial charge in [-0.2, -0.15) is 0 Å². The number of β-lactam (4-membered cyclic amide) rings is 1. The van der Waals surface area contributed by atoms with E-state index in [1.807, 2.05) is 30.3 Å². The molecule has 2 amide bonds. The topological polar surface area (TPSA) is 112 Å². The van der Waals surface area contributed by atoms with Gasteiger partial charge in [0, 0.05) is 11.5 Å². The Hall–Kier alpha value is -2.56. The van der Waals surface area contributed by atoms with E-state index in [2.05, 4.69) is 15.3 Å². The smallest absolute Gasteiger partial charge is 0.352 e. The first-order chi connectivity index (χ1) is 14.9. The van der Waals surface area contributed by atoms with Gasteiger partial charge in [-0.1, -0.05) is 41.9 Å². The number of carboxylic acid groups (broad SMARTS) is 1. The van der Waals surface area contributed by atoms with Crippen molar-refractivity contribution < 1.29 is 19.5 Å². The van der Waals surface area contributed by atoms with Crippen LogP contribution in [0.25, 0.3) is 0 Å². The standard InChI is InChI=1S/C20H17ClN4O4S2/c21-13-7-23-15(8-22-13)30-9-12-10-31-19-16(18(27)25(19)17(12)20(28)29)24-14(26)6-11-4-2-1-3-5-11/h1-5,7-8,16,19H,6,9-10H2,(H,24,26)(H,28,29)/t16?,19-/m1/s1. The summed E-state index contributed by atoms with van der Waals surface area (Å²) in [6.45, 7) is 0. The molecule has 8 nitrogen and oxygen atoms in total. The molecule has 0 saturated carbocycles.